The summed E-state index contributed by atoms with van der Waals surface area (Å²) < 4.78 is 5.16. The van der Waals surface area contributed by atoms with Gasteiger partial charge in [0.15, 0.2) is 0 Å². The molecule has 5 nitrogen and oxygen atoms in total. The molecule has 1 unspecified atom stereocenters. The Labute approximate surface area is 126 Å². The lowest BCUT2D eigenvalue weighted by molar-refractivity contribution is 0.414. The van der Waals surface area contributed by atoms with Gasteiger partial charge >= 0.3 is 0 Å². The van der Waals surface area contributed by atoms with E-state index in [1.54, 1.807) is 20.2 Å². The number of hydrogen-bond donors (Lipinski definition) is 4. The summed E-state index contributed by atoms with van der Waals surface area (Å²) in [6, 6.07) is 5.71. The molecule has 2 rings (SSSR count). The van der Waals surface area contributed by atoms with Gasteiger partial charge in [-0.25, -0.2) is 0 Å². The summed E-state index contributed by atoms with van der Waals surface area (Å²) >= 11 is 0. The van der Waals surface area contributed by atoms with Crippen LogP contribution in [0.15, 0.2) is 36.6 Å². The molecule has 0 fully saturated rings. The maximum atomic E-state index is 9.95. The van der Waals surface area contributed by atoms with Crippen molar-refractivity contribution in [2.24, 2.45) is 5.73 Å². The molecule has 1 atom stereocenters. The highest BCUT2D eigenvalue weighted by molar-refractivity contribution is 5.77. The molecule has 5 heteroatoms. The second kappa shape index (κ2) is 7.59. The smallest absolute Gasteiger partial charge is 0.123 e. The Kier molecular flexibility index (Phi) is 6.11. The molecule has 21 heavy (non-hydrogen) atoms. The normalized spacial score (nSPS) is 15.9. The number of aliphatic hydroxyl groups excluding tert-OH is 1. The van der Waals surface area contributed by atoms with Crippen molar-refractivity contribution in [2.75, 3.05) is 19.5 Å². The van der Waals surface area contributed by atoms with Crippen LogP contribution in [-0.4, -0.2) is 31.3 Å². The molecule has 1 aromatic rings. The minimum absolute atomic E-state index is 0.125. The Hall–Kier alpha value is -2.14. The lowest BCUT2D eigenvalue weighted by atomic mass is 10.0. The number of methoxy groups -OCH3 is 1. The van der Waals surface area contributed by atoms with Crippen LogP contribution in [-0.2, 0) is 0 Å². The summed E-state index contributed by atoms with van der Waals surface area (Å²) in [6.45, 7) is 7.78. The maximum absolute atomic E-state index is 9.95. The minimum Gasteiger partial charge on any atom is -0.507 e. The highest BCUT2D eigenvalue weighted by atomic mass is 16.5. The van der Waals surface area contributed by atoms with Crippen LogP contribution in [0.3, 0.4) is 0 Å². The van der Waals surface area contributed by atoms with Crippen molar-refractivity contribution in [3.8, 4) is 5.75 Å². The topological polar surface area (TPSA) is 79.5 Å². The molecule has 0 spiro atoms. The van der Waals surface area contributed by atoms with E-state index in [2.05, 4.69) is 17.2 Å². The van der Waals surface area contributed by atoms with E-state index in [1.165, 1.54) is 0 Å². The van der Waals surface area contributed by atoms with Gasteiger partial charge < -0.3 is 26.2 Å². The number of likely N-dealkylation sites (N-methyl/N-ethyl adjacent to an activating group) is 1. The summed E-state index contributed by atoms with van der Waals surface area (Å²) in [5.41, 5.74) is 7.52. The first-order chi connectivity index (χ1) is 9.88. The molecule has 1 heterocycles. The van der Waals surface area contributed by atoms with Gasteiger partial charge in [0.1, 0.15) is 11.5 Å². The predicted molar refractivity (Wildman–Crippen MR) is 88.5 cm³/mol. The average molecular weight is 291 g/mol. The number of anilines is 1. The molecule has 0 radical (unpaired) electrons. The molecule has 0 saturated heterocycles. The van der Waals surface area contributed by atoms with Crippen molar-refractivity contribution in [3.05, 3.63) is 42.1 Å². The van der Waals surface area contributed by atoms with E-state index in [0.29, 0.717) is 6.04 Å². The summed E-state index contributed by atoms with van der Waals surface area (Å²) in [4.78, 5) is 0. The van der Waals surface area contributed by atoms with Crippen LogP contribution in [0.4, 0.5) is 5.69 Å². The van der Waals surface area contributed by atoms with Crippen LogP contribution in [0.1, 0.15) is 19.4 Å². The van der Waals surface area contributed by atoms with E-state index in [4.69, 9.17) is 10.5 Å². The number of rotatable bonds is 3. The molecule has 5 N–H and O–H groups in total. The van der Waals surface area contributed by atoms with Crippen molar-refractivity contribution in [1.29, 1.82) is 0 Å². The minimum atomic E-state index is -0.125. The Bertz CT molecular complexity index is 521. The van der Waals surface area contributed by atoms with Crippen LogP contribution in [0.25, 0.3) is 5.76 Å². The third kappa shape index (κ3) is 4.72. The van der Waals surface area contributed by atoms with Crippen LogP contribution >= 0.6 is 0 Å². The van der Waals surface area contributed by atoms with Gasteiger partial charge in [0.2, 0.25) is 0 Å². The van der Waals surface area contributed by atoms with E-state index in [0.717, 1.165) is 22.7 Å². The SMILES string of the molecule is C=C(NC)C1C=C(O)c2ccc(OC)cc2N1.CC(C)N. The largest absolute Gasteiger partial charge is 0.507 e. The summed E-state index contributed by atoms with van der Waals surface area (Å²) in [7, 11) is 3.42. The van der Waals surface area contributed by atoms with Crippen molar-refractivity contribution in [1.82, 2.24) is 5.32 Å². The number of benzene rings is 1. The predicted octanol–water partition coefficient (Wildman–Crippen LogP) is 2.47. The maximum Gasteiger partial charge on any atom is 0.123 e. The molecular formula is C16H25N3O2. The van der Waals surface area contributed by atoms with Crippen LogP contribution in [0.5, 0.6) is 5.75 Å². The zero-order valence-electron chi connectivity index (χ0n) is 13.1. The fourth-order valence-electron chi connectivity index (χ4n) is 1.79. The zero-order valence-corrected chi connectivity index (χ0v) is 13.1. The third-order valence-electron chi connectivity index (χ3n) is 2.83. The monoisotopic (exact) mass is 291 g/mol. The van der Waals surface area contributed by atoms with Gasteiger partial charge in [-0.2, -0.15) is 0 Å². The van der Waals surface area contributed by atoms with Gasteiger partial charge in [-0.3, -0.25) is 0 Å². The zero-order chi connectivity index (χ0) is 16.0. The Balaban J connectivity index is 0.000000491. The lowest BCUT2D eigenvalue weighted by Gasteiger charge is -2.25. The average Bonchev–Trinajstić information content (AvgIpc) is 2.45. The Morgan fingerprint density at radius 2 is 2.10 bits per heavy atom. The van der Waals surface area contributed by atoms with Gasteiger partial charge in [0.25, 0.3) is 0 Å². The van der Waals surface area contributed by atoms with Crippen molar-refractivity contribution < 1.29 is 9.84 Å². The van der Waals surface area contributed by atoms with E-state index in [1.807, 2.05) is 32.0 Å². The van der Waals surface area contributed by atoms with Crippen molar-refractivity contribution in [2.45, 2.75) is 25.9 Å². The van der Waals surface area contributed by atoms with E-state index >= 15 is 0 Å². The van der Waals surface area contributed by atoms with Crippen LogP contribution in [0.2, 0.25) is 0 Å². The van der Waals surface area contributed by atoms with Crippen LogP contribution < -0.4 is 21.1 Å². The number of nitrogens with one attached hydrogen (secondary N) is 2. The van der Waals surface area contributed by atoms with Crippen LogP contribution in [0, 0.1) is 0 Å². The molecule has 0 aliphatic carbocycles. The molecule has 0 saturated carbocycles. The van der Waals surface area contributed by atoms with Gasteiger partial charge in [-0.15, -0.1) is 0 Å². The quantitative estimate of drug-likeness (QED) is 0.688. The number of nitrogens with two attached hydrogens (primary N) is 1. The first-order valence-electron chi connectivity index (χ1n) is 6.86. The van der Waals surface area contributed by atoms with Gasteiger partial charge in [-0.1, -0.05) is 20.4 Å². The first-order valence-corrected chi connectivity index (χ1v) is 6.86. The van der Waals surface area contributed by atoms with E-state index < -0.39 is 0 Å². The highest BCUT2D eigenvalue weighted by Crippen LogP contribution is 2.32. The standard InChI is InChI=1S/C13H16N2O2.C3H9N/c1-8(14-2)11-7-13(16)10-5-4-9(17-3)6-12(10)15-11;1-3(2)4/h4-7,11,14-16H,1H2,2-3H3;3H,4H2,1-2H3. The van der Waals surface area contributed by atoms with Crippen molar-refractivity contribution >= 4 is 11.4 Å². The summed E-state index contributed by atoms with van der Waals surface area (Å²) in [5.74, 6) is 1.00. The number of fused-ring (bicyclic) bond motifs is 1. The molecular weight excluding hydrogens is 266 g/mol. The highest BCUT2D eigenvalue weighted by Gasteiger charge is 2.20. The molecule has 1 aliphatic heterocycles. The Morgan fingerprint density at radius 1 is 1.48 bits per heavy atom. The first kappa shape index (κ1) is 16.9. The molecule has 1 aromatic carbocycles. The fraction of sp³-hybridized carbons (Fsp3) is 0.375. The van der Waals surface area contributed by atoms with E-state index in [-0.39, 0.29) is 11.8 Å². The number of ether oxygens (including phenoxy) is 1. The second-order valence-electron chi connectivity index (χ2n) is 5.10. The second-order valence-corrected chi connectivity index (χ2v) is 5.10. The van der Waals surface area contributed by atoms with E-state index in [9.17, 15) is 5.11 Å². The molecule has 0 bridgehead atoms. The van der Waals surface area contributed by atoms with Gasteiger partial charge in [-0.05, 0) is 24.3 Å². The van der Waals surface area contributed by atoms with Gasteiger partial charge in [0, 0.05) is 30.1 Å². The van der Waals surface area contributed by atoms with Gasteiger partial charge in [0.05, 0.1) is 13.2 Å². The molecule has 0 aromatic heterocycles. The molecule has 116 valence electrons. The summed E-state index contributed by atoms with van der Waals surface area (Å²) in [6.07, 6.45) is 1.73. The van der Waals surface area contributed by atoms with Crippen molar-refractivity contribution in [3.63, 3.8) is 0 Å². The number of hydrogen-bond acceptors (Lipinski definition) is 5. The number of aliphatic hydroxyl groups is 1. The summed E-state index contributed by atoms with van der Waals surface area (Å²) in [5, 5.41) is 16.2. The molecule has 0 amide bonds. The Morgan fingerprint density at radius 3 is 2.62 bits per heavy atom. The molecule has 1 aliphatic rings. The third-order valence-corrected chi connectivity index (χ3v) is 2.83. The lowest BCUT2D eigenvalue weighted by Crippen LogP contribution is -2.29. The fourth-order valence-corrected chi connectivity index (χ4v) is 1.79.